The van der Waals surface area contributed by atoms with E-state index < -0.39 is 16.4 Å². The van der Waals surface area contributed by atoms with Gasteiger partial charge in [0.25, 0.3) is 0 Å². The van der Waals surface area contributed by atoms with Gasteiger partial charge in [0.1, 0.15) is 0 Å². The van der Waals surface area contributed by atoms with Crippen LogP contribution in [0.3, 0.4) is 0 Å². The van der Waals surface area contributed by atoms with E-state index in [0.29, 0.717) is 12.0 Å². The maximum absolute atomic E-state index is 13.5. The standard InChI is InChI=1S/C13H17FN2O2/c1-15-12-4-2-3-10(12)7-9-5-6-13(16(17)18)11(14)8-9/h5-6,8,10,12,15H,2-4,7H2,1H3. The summed E-state index contributed by atoms with van der Waals surface area (Å²) in [5, 5.41) is 13.8. The number of nitro benzene ring substituents is 1. The lowest BCUT2D eigenvalue weighted by Crippen LogP contribution is -2.30. The van der Waals surface area contributed by atoms with E-state index in [0.717, 1.165) is 24.8 Å². The molecule has 98 valence electrons. The van der Waals surface area contributed by atoms with Crippen molar-refractivity contribution in [3.8, 4) is 0 Å². The smallest absolute Gasteiger partial charge is 0.304 e. The third-order valence-electron chi connectivity index (χ3n) is 3.74. The van der Waals surface area contributed by atoms with Gasteiger partial charge in [0.05, 0.1) is 4.92 Å². The summed E-state index contributed by atoms with van der Waals surface area (Å²) in [5.41, 5.74) is 0.389. The Kier molecular flexibility index (Phi) is 3.91. The molecule has 2 atom stereocenters. The maximum Gasteiger partial charge on any atom is 0.304 e. The zero-order chi connectivity index (χ0) is 13.1. The first-order valence-corrected chi connectivity index (χ1v) is 6.22. The van der Waals surface area contributed by atoms with Gasteiger partial charge in [-0.15, -0.1) is 0 Å². The van der Waals surface area contributed by atoms with Crippen molar-refractivity contribution in [1.29, 1.82) is 0 Å². The van der Waals surface area contributed by atoms with Crippen LogP contribution in [-0.4, -0.2) is 18.0 Å². The van der Waals surface area contributed by atoms with Crippen molar-refractivity contribution >= 4 is 5.69 Å². The van der Waals surface area contributed by atoms with E-state index in [2.05, 4.69) is 5.32 Å². The second-order valence-corrected chi connectivity index (χ2v) is 4.83. The molecule has 0 bridgehead atoms. The van der Waals surface area contributed by atoms with E-state index in [-0.39, 0.29) is 0 Å². The maximum atomic E-state index is 13.5. The molecule has 1 aliphatic rings. The van der Waals surface area contributed by atoms with Crippen molar-refractivity contribution < 1.29 is 9.31 Å². The molecule has 0 amide bonds. The minimum Gasteiger partial charge on any atom is -0.317 e. The van der Waals surface area contributed by atoms with Crippen LogP contribution in [0.5, 0.6) is 0 Å². The van der Waals surface area contributed by atoms with Crippen LogP contribution in [-0.2, 0) is 6.42 Å². The quantitative estimate of drug-likeness (QED) is 0.662. The number of rotatable bonds is 4. The minimum atomic E-state index is -0.739. The Hall–Kier alpha value is -1.49. The summed E-state index contributed by atoms with van der Waals surface area (Å²) in [6, 6.07) is 4.69. The average molecular weight is 252 g/mol. The highest BCUT2D eigenvalue weighted by Crippen LogP contribution is 2.29. The molecular weight excluding hydrogens is 235 g/mol. The summed E-state index contributed by atoms with van der Waals surface area (Å²) in [6.07, 6.45) is 4.24. The van der Waals surface area contributed by atoms with Crippen LogP contribution >= 0.6 is 0 Å². The third kappa shape index (κ3) is 2.67. The highest BCUT2D eigenvalue weighted by molar-refractivity contribution is 5.35. The molecule has 0 aromatic heterocycles. The van der Waals surface area contributed by atoms with Crippen molar-refractivity contribution in [2.45, 2.75) is 31.7 Å². The summed E-state index contributed by atoms with van der Waals surface area (Å²) in [7, 11) is 1.94. The number of nitrogens with one attached hydrogen (secondary N) is 1. The number of halogens is 1. The zero-order valence-electron chi connectivity index (χ0n) is 10.4. The Bertz CT molecular complexity index is 451. The molecule has 0 aliphatic heterocycles. The van der Waals surface area contributed by atoms with Gasteiger partial charge < -0.3 is 5.32 Å². The largest absolute Gasteiger partial charge is 0.317 e. The van der Waals surface area contributed by atoms with Gasteiger partial charge in [-0.25, -0.2) is 0 Å². The zero-order valence-corrected chi connectivity index (χ0v) is 10.4. The first-order chi connectivity index (χ1) is 8.61. The molecule has 0 spiro atoms. The van der Waals surface area contributed by atoms with E-state index >= 15 is 0 Å². The second kappa shape index (κ2) is 5.44. The predicted octanol–water partition coefficient (Wildman–Crippen LogP) is 2.66. The predicted molar refractivity (Wildman–Crippen MR) is 66.9 cm³/mol. The Morgan fingerprint density at radius 2 is 2.28 bits per heavy atom. The summed E-state index contributed by atoms with van der Waals surface area (Å²) in [4.78, 5) is 9.84. The van der Waals surface area contributed by atoms with Gasteiger partial charge in [-0.05, 0) is 43.9 Å². The fourth-order valence-electron chi connectivity index (χ4n) is 2.79. The van der Waals surface area contributed by atoms with Gasteiger partial charge in [0.15, 0.2) is 0 Å². The van der Waals surface area contributed by atoms with E-state index in [1.807, 2.05) is 7.05 Å². The SMILES string of the molecule is CNC1CCCC1Cc1ccc([N+](=O)[O-])c(F)c1. The van der Waals surface area contributed by atoms with Crippen molar-refractivity contribution in [3.05, 3.63) is 39.7 Å². The van der Waals surface area contributed by atoms with Crippen molar-refractivity contribution in [2.75, 3.05) is 7.05 Å². The molecule has 1 aromatic rings. The molecule has 5 heteroatoms. The Morgan fingerprint density at radius 3 is 2.89 bits per heavy atom. The Balaban J connectivity index is 2.10. The van der Waals surface area contributed by atoms with E-state index in [1.165, 1.54) is 18.6 Å². The fourth-order valence-corrected chi connectivity index (χ4v) is 2.79. The van der Waals surface area contributed by atoms with E-state index in [9.17, 15) is 14.5 Å². The molecular formula is C13H17FN2O2. The third-order valence-corrected chi connectivity index (χ3v) is 3.74. The molecule has 2 rings (SSSR count). The molecule has 0 heterocycles. The molecule has 1 saturated carbocycles. The van der Waals surface area contributed by atoms with Crippen LogP contribution in [0.15, 0.2) is 18.2 Å². The summed E-state index contributed by atoms with van der Waals surface area (Å²) in [6.45, 7) is 0. The number of hydrogen-bond donors (Lipinski definition) is 1. The Morgan fingerprint density at radius 1 is 1.50 bits per heavy atom. The summed E-state index contributed by atoms with van der Waals surface area (Å²) >= 11 is 0. The molecule has 1 N–H and O–H groups in total. The lowest BCUT2D eigenvalue weighted by Gasteiger charge is -2.18. The molecule has 0 radical (unpaired) electrons. The van der Waals surface area contributed by atoms with Crippen LogP contribution in [0.4, 0.5) is 10.1 Å². The second-order valence-electron chi connectivity index (χ2n) is 4.83. The monoisotopic (exact) mass is 252 g/mol. The van der Waals surface area contributed by atoms with Crippen LogP contribution in [0.25, 0.3) is 0 Å². The van der Waals surface area contributed by atoms with Gasteiger partial charge >= 0.3 is 5.69 Å². The minimum absolute atomic E-state index is 0.449. The number of benzene rings is 1. The van der Waals surface area contributed by atoms with Gasteiger partial charge in [0, 0.05) is 12.1 Å². The molecule has 1 aromatic carbocycles. The van der Waals surface area contributed by atoms with Crippen molar-refractivity contribution in [2.24, 2.45) is 5.92 Å². The van der Waals surface area contributed by atoms with E-state index in [1.54, 1.807) is 6.07 Å². The van der Waals surface area contributed by atoms with Gasteiger partial charge in [-0.3, -0.25) is 10.1 Å². The van der Waals surface area contributed by atoms with E-state index in [4.69, 9.17) is 0 Å². The van der Waals surface area contributed by atoms with Gasteiger partial charge in [-0.1, -0.05) is 12.5 Å². The first kappa shape index (κ1) is 13.0. The lowest BCUT2D eigenvalue weighted by molar-refractivity contribution is -0.387. The summed E-state index contributed by atoms with van der Waals surface area (Å²) in [5.74, 6) is -0.243. The van der Waals surface area contributed by atoms with Crippen LogP contribution in [0, 0.1) is 21.8 Å². The topological polar surface area (TPSA) is 55.2 Å². The first-order valence-electron chi connectivity index (χ1n) is 6.22. The molecule has 0 saturated heterocycles. The average Bonchev–Trinajstić information content (AvgIpc) is 2.76. The normalized spacial score (nSPS) is 23.2. The summed E-state index contributed by atoms with van der Waals surface area (Å²) < 4.78 is 13.5. The van der Waals surface area contributed by atoms with Crippen LogP contribution in [0.1, 0.15) is 24.8 Å². The van der Waals surface area contributed by atoms with Crippen molar-refractivity contribution in [1.82, 2.24) is 5.32 Å². The van der Waals surface area contributed by atoms with Crippen LogP contribution in [0.2, 0.25) is 0 Å². The number of hydrogen-bond acceptors (Lipinski definition) is 3. The lowest BCUT2D eigenvalue weighted by atomic mass is 9.94. The highest BCUT2D eigenvalue weighted by Gasteiger charge is 2.26. The fraction of sp³-hybridized carbons (Fsp3) is 0.538. The molecule has 18 heavy (non-hydrogen) atoms. The highest BCUT2D eigenvalue weighted by atomic mass is 19.1. The molecule has 1 fully saturated rings. The van der Waals surface area contributed by atoms with Crippen LogP contribution < -0.4 is 5.32 Å². The van der Waals surface area contributed by atoms with Gasteiger partial charge in [0.2, 0.25) is 5.82 Å². The molecule has 2 unspecified atom stereocenters. The Labute approximate surface area is 105 Å². The molecule has 4 nitrogen and oxygen atoms in total. The van der Waals surface area contributed by atoms with Crippen molar-refractivity contribution in [3.63, 3.8) is 0 Å². The number of nitrogens with zero attached hydrogens (tertiary/aromatic N) is 1. The number of nitro groups is 1. The molecule has 1 aliphatic carbocycles. The van der Waals surface area contributed by atoms with Gasteiger partial charge in [-0.2, -0.15) is 4.39 Å².